The minimum absolute atomic E-state index is 0.0204. The van der Waals surface area contributed by atoms with Crippen LogP contribution in [0.2, 0.25) is 10.0 Å². The molecule has 0 unspecified atom stereocenters. The molecule has 0 bridgehead atoms. The maximum atomic E-state index is 12.2. The molecule has 0 aromatic heterocycles. The molecular weight excluding hydrogens is 313 g/mol. The monoisotopic (exact) mass is 323 g/mol. The summed E-state index contributed by atoms with van der Waals surface area (Å²) >= 11 is 11.5. The molecule has 1 heterocycles. The number of carbonyl (C=O) groups is 1. The quantitative estimate of drug-likeness (QED) is 0.920. The maximum Gasteiger partial charge on any atom is 0.303 e. The number of nitrogens with zero attached hydrogens (tertiary/aromatic N) is 1. The van der Waals surface area contributed by atoms with E-state index in [1.165, 1.54) is 22.5 Å². The van der Waals surface area contributed by atoms with Crippen LogP contribution in [0.15, 0.2) is 23.1 Å². The molecule has 0 aliphatic carbocycles. The van der Waals surface area contributed by atoms with Crippen LogP contribution in [-0.2, 0) is 14.8 Å². The topological polar surface area (TPSA) is 74.7 Å². The van der Waals surface area contributed by atoms with E-state index in [-0.39, 0.29) is 40.4 Å². The Hall–Kier alpha value is -0.820. The van der Waals surface area contributed by atoms with E-state index in [0.29, 0.717) is 0 Å². The highest BCUT2D eigenvalue weighted by Crippen LogP contribution is 2.30. The lowest BCUT2D eigenvalue weighted by atomic mass is 10.00. The second kappa shape index (κ2) is 5.28. The molecule has 1 fully saturated rings. The van der Waals surface area contributed by atoms with Gasteiger partial charge in [0, 0.05) is 13.1 Å². The zero-order valence-electron chi connectivity index (χ0n) is 9.71. The van der Waals surface area contributed by atoms with Gasteiger partial charge in [-0.1, -0.05) is 23.2 Å². The Kier molecular flexibility index (Phi) is 4.06. The predicted octanol–water partition coefficient (Wildman–Crippen LogP) is 2.09. The van der Waals surface area contributed by atoms with E-state index in [0.717, 1.165) is 0 Å². The summed E-state index contributed by atoms with van der Waals surface area (Å²) in [5, 5.41) is 9.08. The van der Waals surface area contributed by atoms with E-state index < -0.39 is 16.0 Å². The van der Waals surface area contributed by atoms with Gasteiger partial charge in [-0.2, -0.15) is 4.31 Å². The lowest BCUT2D eigenvalue weighted by Crippen LogP contribution is -2.50. The molecular formula is C11H11Cl2NO4S. The highest BCUT2D eigenvalue weighted by molar-refractivity contribution is 7.89. The number of carboxylic acid groups (broad SMARTS) is 1. The first-order valence-electron chi connectivity index (χ1n) is 5.47. The normalized spacial score (nSPS) is 17.2. The van der Waals surface area contributed by atoms with Crippen molar-refractivity contribution in [2.24, 2.45) is 5.92 Å². The van der Waals surface area contributed by atoms with Gasteiger partial charge in [0.2, 0.25) is 10.0 Å². The van der Waals surface area contributed by atoms with Crippen molar-refractivity contribution in [3.05, 3.63) is 28.2 Å². The van der Waals surface area contributed by atoms with Crippen LogP contribution in [0.25, 0.3) is 0 Å². The Balaban J connectivity index is 2.12. The fourth-order valence-electron chi connectivity index (χ4n) is 1.88. The molecule has 0 radical (unpaired) electrons. The van der Waals surface area contributed by atoms with E-state index >= 15 is 0 Å². The molecule has 0 saturated carbocycles. The summed E-state index contributed by atoms with van der Waals surface area (Å²) in [6, 6.07) is 4.10. The Morgan fingerprint density at radius 3 is 2.47 bits per heavy atom. The number of sulfonamides is 1. The zero-order chi connectivity index (χ0) is 14.2. The van der Waals surface area contributed by atoms with Crippen LogP contribution in [0.5, 0.6) is 0 Å². The van der Waals surface area contributed by atoms with Crippen LogP contribution < -0.4 is 0 Å². The number of rotatable bonds is 4. The fourth-order valence-corrected chi connectivity index (χ4v) is 3.86. The van der Waals surface area contributed by atoms with Crippen molar-refractivity contribution in [3.63, 3.8) is 0 Å². The molecule has 0 spiro atoms. The number of hydrogen-bond donors (Lipinski definition) is 1. The van der Waals surface area contributed by atoms with Crippen LogP contribution in [0.4, 0.5) is 0 Å². The minimum atomic E-state index is -3.61. The van der Waals surface area contributed by atoms with Gasteiger partial charge < -0.3 is 5.11 Å². The van der Waals surface area contributed by atoms with Crippen molar-refractivity contribution < 1.29 is 18.3 Å². The molecule has 1 saturated heterocycles. The van der Waals surface area contributed by atoms with Crippen molar-refractivity contribution in [2.45, 2.75) is 11.3 Å². The molecule has 1 aromatic carbocycles. The summed E-state index contributed by atoms with van der Waals surface area (Å²) < 4.78 is 25.6. The highest BCUT2D eigenvalue weighted by atomic mass is 35.5. The summed E-state index contributed by atoms with van der Waals surface area (Å²) in [5.74, 6) is -1.05. The van der Waals surface area contributed by atoms with Crippen LogP contribution in [0.1, 0.15) is 6.42 Å². The van der Waals surface area contributed by atoms with E-state index in [2.05, 4.69) is 0 Å². The van der Waals surface area contributed by atoms with Gasteiger partial charge in [0.15, 0.2) is 0 Å². The maximum absolute atomic E-state index is 12.2. The molecule has 1 aliphatic rings. The van der Waals surface area contributed by atoms with Crippen molar-refractivity contribution in [3.8, 4) is 0 Å². The number of hydrogen-bond acceptors (Lipinski definition) is 3. The molecule has 1 aromatic rings. The van der Waals surface area contributed by atoms with Crippen LogP contribution in [-0.4, -0.2) is 36.9 Å². The van der Waals surface area contributed by atoms with Gasteiger partial charge in [-0.05, 0) is 24.1 Å². The summed E-state index contributed by atoms with van der Waals surface area (Å²) in [5.41, 5.74) is 0. The third kappa shape index (κ3) is 3.02. The smallest absolute Gasteiger partial charge is 0.303 e. The van der Waals surface area contributed by atoms with Crippen molar-refractivity contribution in [2.75, 3.05) is 13.1 Å². The second-order valence-electron chi connectivity index (χ2n) is 4.36. The second-order valence-corrected chi connectivity index (χ2v) is 7.11. The molecule has 19 heavy (non-hydrogen) atoms. The summed E-state index contributed by atoms with van der Waals surface area (Å²) in [4.78, 5) is 10.6. The molecule has 1 N–H and O–H groups in total. The Morgan fingerprint density at radius 2 is 1.95 bits per heavy atom. The summed E-state index contributed by atoms with van der Waals surface area (Å²) in [6.45, 7) is 0.434. The first-order chi connectivity index (χ1) is 8.80. The fraction of sp³-hybridized carbons (Fsp3) is 0.364. The number of carboxylic acids is 1. The van der Waals surface area contributed by atoms with Crippen LogP contribution in [0, 0.1) is 5.92 Å². The first kappa shape index (κ1) is 14.6. The molecule has 5 nitrogen and oxygen atoms in total. The van der Waals surface area contributed by atoms with Crippen LogP contribution >= 0.6 is 23.2 Å². The SMILES string of the molecule is O=C(O)CC1CN(S(=O)(=O)c2ccc(Cl)c(Cl)c2)C1. The van der Waals surface area contributed by atoms with E-state index in [1.54, 1.807) is 0 Å². The average molecular weight is 324 g/mol. The van der Waals surface area contributed by atoms with Gasteiger partial charge in [-0.25, -0.2) is 8.42 Å². The first-order valence-corrected chi connectivity index (χ1v) is 7.67. The van der Waals surface area contributed by atoms with Gasteiger partial charge in [-0.15, -0.1) is 0 Å². The number of halogens is 2. The Labute approximate surface area is 120 Å². The third-order valence-corrected chi connectivity index (χ3v) is 5.48. The largest absolute Gasteiger partial charge is 0.481 e. The molecule has 1 aliphatic heterocycles. The predicted molar refractivity (Wildman–Crippen MR) is 71.0 cm³/mol. The third-order valence-electron chi connectivity index (χ3n) is 2.92. The van der Waals surface area contributed by atoms with Gasteiger partial charge in [-0.3, -0.25) is 4.79 Å². The Bertz CT molecular complexity index is 611. The average Bonchev–Trinajstić information content (AvgIpc) is 2.26. The van der Waals surface area contributed by atoms with Gasteiger partial charge >= 0.3 is 5.97 Å². The molecule has 2 rings (SSSR count). The standard InChI is InChI=1S/C11H11Cl2NO4S/c12-9-2-1-8(4-10(9)13)19(17,18)14-5-7(6-14)3-11(15)16/h1-2,4,7H,3,5-6H2,(H,15,16). The molecule has 104 valence electrons. The van der Waals surface area contributed by atoms with Gasteiger partial charge in [0.1, 0.15) is 0 Å². The highest BCUT2D eigenvalue weighted by Gasteiger charge is 2.37. The summed E-state index contributed by atoms with van der Waals surface area (Å²) in [7, 11) is -3.61. The lowest BCUT2D eigenvalue weighted by molar-refractivity contribution is -0.139. The van der Waals surface area contributed by atoms with E-state index in [9.17, 15) is 13.2 Å². The number of benzene rings is 1. The van der Waals surface area contributed by atoms with E-state index in [1.807, 2.05) is 0 Å². The lowest BCUT2D eigenvalue weighted by Gasteiger charge is -2.37. The number of aliphatic carboxylic acids is 1. The van der Waals surface area contributed by atoms with Gasteiger partial charge in [0.25, 0.3) is 0 Å². The van der Waals surface area contributed by atoms with E-state index in [4.69, 9.17) is 28.3 Å². The zero-order valence-corrected chi connectivity index (χ0v) is 12.0. The van der Waals surface area contributed by atoms with Gasteiger partial charge in [0.05, 0.1) is 21.4 Å². The Morgan fingerprint density at radius 1 is 1.32 bits per heavy atom. The molecule has 0 amide bonds. The van der Waals surface area contributed by atoms with Crippen molar-refractivity contribution >= 4 is 39.2 Å². The van der Waals surface area contributed by atoms with Crippen LogP contribution in [0.3, 0.4) is 0 Å². The van der Waals surface area contributed by atoms with Crippen molar-refractivity contribution in [1.29, 1.82) is 0 Å². The molecule has 8 heteroatoms. The van der Waals surface area contributed by atoms with Crippen molar-refractivity contribution in [1.82, 2.24) is 4.31 Å². The summed E-state index contributed by atoms with van der Waals surface area (Å²) in [6.07, 6.45) is -0.0204. The minimum Gasteiger partial charge on any atom is -0.481 e. The molecule has 0 atom stereocenters.